The fourth-order valence-corrected chi connectivity index (χ4v) is 1.84. The Kier molecular flexibility index (Phi) is 6.52. The number of nitrogens with one attached hydrogen (secondary N) is 1. The predicted octanol–water partition coefficient (Wildman–Crippen LogP) is 2.42. The predicted molar refractivity (Wildman–Crippen MR) is 79.7 cm³/mol. The number of hydrogen-bond donors (Lipinski definition) is 2. The molecule has 2 N–H and O–H groups in total. The number of aliphatic hydroxyl groups excluding tert-OH is 1. The molecule has 112 valence electrons. The summed E-state index contributed by atoms with van der Waals surface area (Å²) in [5.74, 6) is 0.837. The molecule has 1 aromatic carbocycles. The van der Waals surface area contributed by atoms with Crippen molar-refractivity contribution in [3.63, 3.8) is 0 Å². The number of rotatable bonds is 7. The monoisotopic (exact) mass is 279 g/mol. The fraction of sp³-hybridized carbons (Fsp3) is 0.562. The van der Waals surface area contributed by atoms with Crippen LogP contribution in [0.2, 0.25) is 0 Å². The molecule has 1 amide bonds. The molecule has 1 unspecified atom stereocenters. The highest BCUT2D eigenvalue weighted by Gasteiger charge is 2.14. The lowest BCUT2D eigenvalue weighted by atomic mass is 10.0. The van der Waals surface area contributed by atoms with E-state index in [0.717, 1.165) is 16.9 Å². The minimum absolute atomic E-state index is 0.0912. The number of hydrogen-bond acceptors (Lipinski definition) is 3. The normalized spacial score (nSPS) is 12.3. The zero-order valence-corrected chi connectivity index (χ0v) is 12.8. The smallest absolute Gasteiger partial charge is 0.222 e. The van der Waals surface area contributed by atoms with Gasteiger partial charge in [-0.15, -0.1) is 0 Å². The van der Waals surface area contributed by atoms with E-state index < -0.39 is 6.10 Å². The van der Waals surface area contributed by atoms with Gasteiger partial charge in [0.25, 0.3) is 0 Å². The average Bonchev–Trinajstić information content (AvgIpc) is 2.39. The first-order chi connectivity index (χ1) is 9.43. The topological polar surface area (TPSA) is 58.6 Å². The van der Waals surface area contributed by atoms with Gasteiger partial charge >= 0.3 is 0 Å². The van der Waals surface area contributed by atoms with Gasteiger partial charge in [-0.05, 0) is 37.0 Å². The zero-order chi connectivity index (χ0) is 15.1. The van der Waals surface area contributed by atoms with Crippen LogP contribution in [0, 0.1) is 12.8 Å². The van der Waals surface area contributed by atoms with Crippen LogP contribution in [-0.2, 0) is 11.3 Å². The molecule has 0 aliphatic heterocycles. The standard InChI is InChI=1S/C16H25NO3/c1-5-20-15-7-6-13(8-12(15)4)10-17-16(19)9-14(18)11(2)3/h6-8,11,14,18H,5,9-10H2,1-4H3,(H,17,19). The molecule has 0 aromatic heterocycles. The van der Waals surface area contributed by atoms with Crippen molar-refractivity contribution < 1.29 is 14.6 Å². The number of carbonyl (C=O) groups is 1. The van der Waals surface area contributed by atoms with E-state index in [2.05, 4.69) is 5.32 Å². The van der Waals surface area contributed by atoms with Gasteiger partial charge in [0, 0.05) is 6.54 Å². The Bertz CT molecular complexity index is 443. The van der Waals surface area contributed by atoms with Gasteiger partial charge in [-0.2, -0.15) is 0 Å². The first-order valence-corrected chi connectivity index (χ1v) is 7.11. The summed E-state index contributed by atoms with van der Waals surface area (Å²) in [5, 5.41) is 12.5. The molecule has 0 bridgehead atoms. The molecule has 1 aromatic rings. The molecule has 0 fully saturated rings. The fourth-order valence-electron chi connectivity index (χ4n) is 1.84. The first kappa shape index (κ1) is 16.5. The molecular weight excluding hydrogens is 254 g/mol. The van der Waals surface area contributed by atoms with E-state index in [-0.39, 0.29) is 18.2 Å². The van der Waals surface area contributed by atoms with E-state index >= 15 is 0 Å². The van der Waals surface area contributed by atoms with Crippen molar-refractivity contribution in [2.24, 2.45) is 5.92 Å². The Morgan fingerprint density at radius 2 is 2.10 bits per heavy atom. The number of benzene rings is 1. The van der Waals surface area contributed by atoms with Gasteiger partial charge in [-0.1, -0.05) is 26.0 Å². The van der Waals surface area contributed by atoms with Gasteiger partial charge in [-0.25, -0.2) is 0 Å². The van der Waals surface area contributed by atoms with Crippen molar-refractivity contribution in [1.29, 1.82) is 0 Å². The highest BCUT2D eigenvalue weighted by atomic mass is 16.5. The van der Waals surface area contributed by atoms with Crippen LogP contribution in [0.15, 0.2) is 18.2 Å². The number of carbonyl (C=O) groups excluding carboxylic acids is 1. The van der Waals surface area contributed by atoms with Crippen molar-refractivity contribution in [2.75, 3.05) is 6.61 Å². The van der Waals surface area contributed by atoms with E-state index in [1.165, 1.54) is 0 Å². The molecule has 0 heterocycles. The number of aliphatic hydroxyl groups is 1. The van der Waals surface area contributed by atoms with Crippen LogP contribution in [-0.4, -0.2) is 23.7 Å². The first-order valence-electron chi connectivity index (χ1n) is 7.11. The van der Waals surface area contributed by atoms with Crippen LogP contribution in [0.5, 0.6) is 5.75 Å². The molecule has 0 saturated heterocycles. The van der Waals surface area contributed by atoms with Crippen LogP contribution in [0.4, 0.5) is 0 Å². The van der Waals surface area contributed by atoms with Gasteiger partial charge in [0.15, 0.2) is 0 Å². The Balaban J connectivity index is 2.49. The van der Waals surface area contributed by atoms with E-state index in [1.807, 2.05) is 45.9 Å². The van der Waals surface area contributed by atoms with Gasteiger partial charge in [-0.3, -0.25) is 4.79 Å². The maximum absolute atomic E-state index is 11.7. The van der Waals surface area contributed by atoms with Crippen LogP contribution >= 0.6 is 0 Å². The lowest BCUT2D eigenvalue weighted by molar-refractivity contribution is -0.123. The van der Waals surface area contributed by atoms with Crippen LogP contribution in [0.3, 0.4) is 0 Å². The van der Waals surface area contributed by atoms with Gasteiger partial charge < -0.3 is 15.2 Å². The molecule has 0 spiro atoms. The molecular formula is C16H25NO3. The number of aryl methyl sites for hydroxylation is 1. The molecule has 0 aliphatic rings. The van der Waals surface area contributed by atoms with E-state index in [4.69, 9.17) is 4.74 Å². The molecule has 4 nitrogen and oxygen atoms in total. The molecule has 4 heteroatoms. The van der Waals surface area contributed by atoms with Crippen molar-refractivity contribution in [3.05, 3.63) is 29.3 Å². The molecule has 1 rings (SSSR count). The van der Waals surface area contributed by atoms with E-state index in [9.17, 15) is 9.90 Å². The third-order valence-corrected chi connectivity index (χ3v) is 3.19. The molecule has 1 atom stereocenters. The molecule has 0 saturated carbocycles. The lowest BCUT2D eigenvalue weighted by Gasteiger charge is -2.14. The van der Waals surface area contributed by atoms with Crippen molar-refractivity contribution in [1.82, 2.24) is 5.32 Å². The van der Waals surface area contributed by atoms with E-state index in [1.54, 1.807) is 0 Å². The van der Waals surface area contributed by atoms with Gasteiger partial charge in [0.1, 0.15) is 5.75 Å². The second kappa shape index (κ2) is 7.90. The summed E-state index contributed by atoms with van der Waals surface area (Å²) in [5.41, 5.74) is 2.08. The largest absolute Gasteiger partial charge is 0.494 e. The van der Waals surface area contributed by atoms with Crippen LogP contribution < -0.4 is 10.1 Å². The van der Waals surface area contributed by atoms with E-state index in [0.29, 0.717) is 13.2 Å². The summed E-state index contributed by atoms with van der Waals surface area (Å²) >= 11 is 0. The van der Waals surface area contributed by atoms with Gasteiger partial charge in [0.05, 0.1) is 19.1 Å². The van der Waals surface area contributed by atoms with Crippen LogP contribution in [0.25, 0.3) is 0 Å². The minimum Gasteiger partial charge on any atom is -0.494 e. The third kappa shape index (κ3) is 5.21. The zero-order valence-electron chi connectivity index (χ0n) is 12.8. The summed E-state index contributed by atoms with van der Waals surface area (Å²) < 4.78 is 5.48. The Hall–Kier alpha value is -1.55. The molecule has 0 aliphatic carbocycles. The number of ether oxygens (including phenoxy) is 1. The van der Waals surface area contributed by atoms with Crippen LogP contribution in [0.1, 0.15) is 38.3 Å². The average molecular weight is 279 g/mol. The maximum Gasteiger partial charge on any atom is 0.222 e. The summed E-state index contributed by atoms with van der Waals surface area (Å²) in [4.78, 5) is 11.7. The number of amides is 1. The summed E-state index contributed by atoms with van der Waals surface area (Å²) in [6.45, 7) is 8.84. The van der Waals surface area contributed by atoms with Crippen molar-refractivity contribution >= 4 is 5.91 Å². The quantitative estimate of drug-likeness (QED) is 0.806. The Morgan fingerprint density at radius 3 is 2.65 bits per heavy atom. The summed E-state index contributed by atoms with van der Waals surface area (Å²) in [6.07, 6.45) is -0.440. The summed E-state index contributed by atoms with van der Waals surface area (Å²) in [6, 6.07) is 5.87. The third-order valence-electron chi connectivity index (χ3n) is 3.19. The van der Waals surface area contributed by atoms with Gasteiger partial charge in [0.2, 0.25) is 5.91 Å². The van der Waals surface area contributed by atoms with Crippen molar-refractivity contribution in [3.8, 4) is 5.75 Å². The highest BCUT2D eigenvalue weighted by molar-refractivity contribution is 5.76. The highest BCUT2D eigenvalue weighted by Crippen LogP contribution is 2.19. The summed E-state index contributed by atoms with van der Waals surface area (Å²) in [7, 11) is 0. The maximum atomic E-state index is 11.7. The van der Waals surface area contributed by atoms with Crippen molar-refractivity contribution in [2.45, 2.75) is 46.8 Å². The second-order valence-corrected chi connectivity index (χ2v) is 5.33. The Labute approximate surface area is 121 Å². The SMILES string of the molecule is CCOc1ccc(CNC(=O)CC(O)C(C)C)cc1C. The second-order valence-electron chi connectivity index (χ2n) is 5.33. The minimum atomic E-state index is -0.586. The lowest BCUT2D eigenvalue weighted by Crippen LogP contribution is -2.29. The Morgan fingerprint density at radius 1 is 1.40 bits per heavy atom. The molecule has 0 radical (unpaired) electrons. The molecule has 20 heavy (non-hydrogen) atoms.